The third-order valence-corrected chi connectivity index (χ3v) is 5.27. The average Bonchev–Trinajstić information content (AvgIpc) is 2.87. The van der Waals surface area contributed by atoms with Gasteiger partial charge >= 0.3 is 0 Å². The predicted octanol–water partition coefficient (Wildman–Crippen LogP) is 5.03. The summed E-state index contributed by atoms with van der Waals surface area (Å²) in [5.74, 6) is 0.409. The predicted molar refractivity (Wildman–Crippen MR) is 136 cm³/mol. The quantitative estimate of drug-likeness (QED) is 0.293. The molecule has 0 spiro atoms. The summed E-state index contributed by atoms with van der Waals surface area (Å²) in [5.41, 5.74) is 1.62. The molecule has 0 saturated heterocycles. The van der Waals surface area contributed by atoms with Crippen LogP contribution in [-0.2, 0) is 9.59 Å². The summed E-state index contributed by atoms with van der Waals surface area (Å²) in [4.78, 5) is 24.8. The van der Waals surface area contributed by atoms with Crippen molar-refractivity contribution >= 4 is 45.2 Å². The standard InChI is InChI=1S/C26H22BrN3O5/c1-33-21-10-8-20(9-11-21)29-24(31)16-35-25-22(27)13-17(14-23(25)34-2)12-18(15-28)26(32)30-19-6-4-3-5-7-19/h3-14H,16H2,1-2H3,(H,29,31)(H,30,32)/b18-12+. The minimum Gasteiger partial charge on any atom is -0.497 e. The van der Waals surface area contributed by atoms with Crippen LogP contribution in [0, 0.1) is 11.3 Å². The molecule has 0 aliphatic heterocycles. The van der Waals surface area contributed by atoms with Gasteiger partial charge in [0.05, 0.1) is 18.7 Å². The molecule has 8 nitrogen and oxygen atoms in total. The molecule has 0 aliphatic carbocycles. The first-order valence-corrected chi connectivity index (χ1v) is 11.1. The van der Waals surface area contributed by atoms with Crippen molar-refractivity contribution in [3.8, 4) is 23.3 Å². The van der Waals surface area contributed by atoms with Crippen molar-refractivity contribution in [1.29, 1.82) is 5.26 Å². The van der Waals surface area contributed by atoms with Crippen LogP contribution in [-0.4, -0.2) is 32.6 Å². The number of hydrogen-bond donors (Lipinski definition) is 2. The highest BCUT2D eigenvalue weighted by molar-refractivity contribution is 9.10. The molecule has 35 heavy (non-hydrogen) atoms. The molecule has 0 atom stereocenters. The Hall–Kier alpha value is -4.29. The molecule has 2 amide bonds. The third kappa shape index (κ3) is 7.09. The van der Waals surface area contributed by atoms with Crippen molar-refractivity contribution in [3.63, 3.8) is 0 Å². The Balaban J connectivity index is 1.71. The molecule has 3 aromatic rings. The molecule has 0 fully saturated rings. The van der Waals surface area contributed by atoms with Gasteiger partial charge in [-0.3, -0.25) is 9.59 Å². The van der Waals surface area contributed by atoms with Crippen LogP contribution >= 0.6 is 15.9 Å². The van der Waals surface area contributed by atoms with Gasteiger partial charge in [-0.25, -0.2) is 0 Å². The molecular formula is C26H22BrN3O5. The van der Waals surface area contributed by atoms with Crippen LogP contribution in [0.1, 0.15) is 5.56 Å². The number of benzene rings is 3. The lowest BCUT2D eigenvalue weighted by atomic mass is 10.1. The van der Waals surface area contributed by atoms with Crippen LogP contribution in [0.15, 0.2) is 76.8 Å². The highest BCUT2D eigenvalue weighted by Crippen LogP contribution is 2.37. The zero-order chi connectivity index (χ0) is 25.2. The second-order valence-electron chi connectivity index (χ2n) is 7.09. The first-order valence-electron chi connectivity index (χ1n) is 10.4. The molecule has 0 unspecified atom stereocenters. The van der Waals surface area contributed by atoms with Gasteiger partial charge in [-0.15, -0.1) is 0 Å². The summed E-state index contributed by atoms with van der Waals surface area (Å²) < 4.78 is 16.7. The third-order valence-electron chi connectivity index (χ3n) is 4.68. The molecule has 0 saturated carbocycles. The van der Waals surface area contributed by atoms with Gasteiger partial charge in [0.15, 0.2) is 18.1 Å². The second kappa shape index (κ2) is 12.3. The molecular weight excluding hydrogens is 514 g/mol. The lowest BCUT2D eigenvalue weighted by Gasteiger charge is -2.14. The molecule has 3 rings (SSSR count). The Labute approximate surface area is 211 Å². The van der Waals surface area contributed by atoms with Crippen molar-refractivity contribution in [2.24, 2.45) is 0 Å². The van der Waals surface area contributed by atoms with Gasteiger partial charge in [0.2, 0.25) is 0 Å². The lowest BCUT2D eigenvalue weighted by molar-refractivity contribution is -0.118. The monoisotopic (exact) mass is 535 g/mol. The van der Waals surface area contributed by atoms with E-state index in [1.807, 2.05) is 12.1 Å². The SMILES string of the molecule is COc1ccc(NC(=O)COc2c(Br)cc(/C=C(\C#N)C(=O)Nc3ccccc3)cc2OC)cc1. The number of anilines is 2. The zero-order valence-corrected chi connectivity index (χ0v) is 20.6. The van der Waals surface area contributed by atoms with E-state index in [0.717, 1.165) is 0 Å². The summed E-state index contributed by atoms with van der Waals surface area (Å²) in [6.07, 6.45) is 1.44. The number of methoxy groups -OCH3 is 2. The Bertz CT molecular complexity index is 1270. The molecule has 0 aromatic heterocycles. The number of halogens is 1. The maximum Gasteiger partial charge on any atom is 0.266 e. The van der Waals surface area contributed by atoms with Crippen LogP contribution in [0.2, 0.25) is 0 Å². The molecule has 0 radical (unpaired) electrons. The Kier molecular flexibility index (Phi) is 8.87. The number of ether oxygens (including phenoxy) is 3. The van der Waals surface area contributed by atoms with Crippen LogP contribution in [0.3, 0.4) is 0 Å². The van der Waals surface area contributed by atoms with E-state index >= 15 is 0 Å². The minimum atomic E-state index is -0.538. The van der Waals surface area contributed by atoms with E-state index in [4.69, 9.17) is 14.2 Å². The van der Waals surface area contributed by atoms with Gasteiger partial charge in [0.1, 0.15) is 17.4 Å². The van der Waals surface area contributed by atoms with Gasteiger partial charge in [0.25, 0.3) is 11.8 Å². The molecule has 2 N–H and O–H groups in total. The van der Waals surface area contributed by atoms with E-state index in [-0.39, 0.29) is 18.1 Å². The number of rotatable bonds is 9. The minimum absolute atomic E-state index is 0.0876. The zero-order valence-electron chi connectivity index (χ0n) is 19.0. The number of nitrogens with one attached hydrogen (secondary N) is 2. The fourth-order valence-electron chi connectivity index (χ4n) is 3.01. The maximum absolute atomic E-state index is 12.5. The smallest absolute Gasteiger partial charge is 0.266 e. The Morgan fingerprint density at radius 1 is 0.971 bits per heavy atom. The topological polar surface area (TPSA) is 110 Å². The molecule has 178 valence electrons. The van der Waals surface area contributed by atoms with E-state index in [2.05, 4.69) is 26.6 Å². The molecule has 9 heteroatoms. The second-order valence-corrected chi connectivity index (χ2v) is 7.94. The average molecular weight is 536 g/mol. The van der Waals surface area contributed by atoms with Crippen molar-refractivity contribution in [2.75, 3.05) is 31.5 Å². The number of nitriles is 1. The highest BCUT2D eigenvalue weighted by atomic mass is 79.9. The number of amides is 2. The number of carbonyl (C=O) groups is 2. The summed E-state index contributed by atoms with van der Waals surface area (Å²) in [6, 6.07) is 20.9. The van der Waals surface area contributed by atoms with Crippen molar-refractivity contribution < 1.29 is 23.8 Å². The number of hydrogen-bond acceptors (Lipinski definition) is 6. The lowest BCUT2D eigenvalue weighted by Crippen LogP contribution is -2.20. The van der Waals surface area contributed by atoms with Gasteiger partial charge in [-0.1, -0.05) is 18.2 Å². The van der Waals surface area contributed by atoms with E-state index < -0.39 is 5.91 Å². The van der Waals surface area contributed by atoms with E-state index in [1.54, 1.807) is 67.8 Å². The normalized spacial score (nSPS) is 10.6. The molecule has 0 aliphatic rings. The van der Waals surface area contributed by atoms with Crippen LogP contribution < -0.4 is 24.8 Å². The first kappa shape index (κ1) is 25.3. The van der Waals surface area contributed by atoms with E-state index in [1.165, 1.54) is 13.2 Å². The largest absolute Gasteiger partial charge is 0.497 e. The summed E-state index contributed by atoms with van der Waals surface area (Å²) >= 11 is 3.41. The van der Waals surface area contributed by atoms with E-state index in [9.17, 15) is 14.9 Å². The number of nitrogens with zero attached hydrogens (tertiary/aromatic N) is 1. The van der Waals surface area contributed by atoms with Gasteiger partial charge in [0, 0.05) is 11.4 Å². The fourth-order valence-corrected chi connectivity index (χ4v) is 3.58. The fraction of sp³-hybridized carbons (Fsp3) is 0.115. The maximum atomic E-state index is 12.5. The summed E-state index contributed by atoms with van der Waals surface area (Å²) in [5, 5.41) is 14.9. The first-order chi connectivity index (χ1) is 16.9. The van der Waals surface area contributed by atoms with Gasteiger partial charge < -0.3 is 24.8 Å². The summed E-state index contributed by atoms with van der Waals surface area (Å²) in [6.45, 7) is -0.265. The van der Waals surface area contributed by atoms with Crippen molar-refractivity contribution in [1.82, 2.24) is 0 Å². The Morgan fingerprint density at radius 2 is 1.66 bits per heavy atom. The van der Waals surface area contributed by atoms with Gasteiger partial charge in [-0.2, -0.15) is 5.26 Å². The van der Waals surface area contributed by atoms with Crippen molar-refractivity contribution in [3.05, 3.63) is 82.3 Å². The summed E-state index contributed by atoms with van der Waals surface area (Å²) in [7, 11) is 3.02. The number of carbonyl (C=O) groups excluding carboxylic acids is 2. The van der Waals surface area contributed by atoms with Crippen LogP contribution in [0.4, 0.5) is 11.4 Å². The Morgan fingerprint density at radius 3 is 2.29 bits per heavy atom. The molecule has 0 heterocycles. The molecule has 0 bridgehead atoms. The van der Waals surface area contributed by atoms with Crippen LogP contribution in [0.5, 0.6) is 17.2 Å². The number of para-hydroxylation sites is 1. The highest BCUT2D eigenvalue weighted by Gasteiger charge is 2.15. The van der Waals surface area contributed by atoms with Crippen LogP contribution in [0.25, 0.3) is 6.08 Å². The molecule has 3 aromatic carbocycles. The van der Waals surface area contributed by atoms with Crippen molar-refractivity contribution in [2.45, 2.75) is 0 Å². The van der Waals surface area contributed by atoms with E-state index in [0.29, 0.717) is 38.7 Å². The van der Waals surface area contributed by atoms with Gasteiger partial charge in [-0.05, 0) is 76.1 Å².